The maximum absolute atomic E-state index is 14.0. The summed E-state index contributed by atoms with van der Waals surface area (Å²) in [5.41, 5.74) is 12.6. The van der Waals surface area contributed by atoms with Crippen LogP contribution in [0.3, 0.4) is 0 Å². The summed E-state index contributed by atoms with van der Waals surface area (Å²) in [5.74, 6) is 2.97. The van der Waals surface area contributed by atoms with Crippen LogP contribution in [0.5, 0.6) is 5.75 Å². The van der Waals surface area contributed by atoms with Crippen LogP contribution in [0.1, 0.15) is 48.0 Å². The van der Waals surface area contributed by atoms with Crippen molar-refractivity contribution >= 4 is 33.5 Å². The number of piperidine rings is 1. The van der Waals surface area contributed by atoms with Gasteiger partial charge in [-0.1, -0.05) is 18.2 Å². The predicted molar refractivity (Wildman–Crippen MR) is 185 cm³/mol. The Morgan fingerprint density at radius 2 is 1.85 bits per heavy atom. The van der Waals surface area contributed by atoms with E-state index >= 15 is 0 Å². The van der Waals surface area contributed by atoms with Crippen molar-refractivity contribution in [2.75, 3.05) is 31.6 Å². The molecule has 0 radical (unpaired) electrons. The second-order valence-corrected chi connectivity index (χ2v) is 14.3. The zero-order chi connectivity index (χ0) is 32.5. The number of anilines is 1. The number of fused-ring (bicyclic) bond motifs is 4. The van der Waals surface area contributed by atoms with E-state index in [1.54, 1.807) is 13.3 Å². The van der Waals surface area contributed by atoms with Gasteiger partial charge in [-0.15, -0.1) is 0 Å². The molecule has 1 amide bonds. The predicted octanol–water partition coefficient (Wildman–Crippen LogP) is 5.43. The third-order valence-corrected chi connectivity index (χ3v) is 11.3. The van der Waals surface area contributed by atoms with Crippen molar-refractivity contribution in [1.82, 2.24) is 24.0 Å². The number of ether oxygens (including phenoxy) is 1. The number of imidazole rings is 1. The Morgan fingerprint density at radius 1 is 1.00 bits per heavy atom. The summed E-state index contributed by atoms with van der Waals surface area (Å²) in [6.45, 7) is 4.16. The van der Waals surface area contributed by atoms with Crippen molar-refractivity contribution < 1.29 is 9.53 Å². The second kappa shape index (κ2) is 11.4. The van der Waals surface area contributed by atoms with Crippen LogP contribution in [0.4, 0.5) is 5.69 Å². The van der Waals surface area contributed by atoms with E-state index in [4.69, 9.17) is 15.5 Å². The van der Waals surface area contributed by atoms with Crippen molar-refractivity contribution in [1.29, 1.82) is 5.26 Å². The SMILES string of the molecule is COc1cc(C(=O)N2CC3CCC2[C@@H]3N)cc2nc(-c3cc4ccccc4n3CC3CC3)n(C[C@H]3CCN(c4cncc(C#N)c4)C3)c12. The Bertz CT molecular complexity index is 2100. The van der Waals surface area contributed by atoms with Gasteiger partial charge in [0.25, 0.3) is 5.91 Å². The first-order chi connectivity index (χ1) is 23.5. The normalized spacial score (nSPS) is 23.4. The largest absolute Gasteiger partial charge is 0.494 e. The first kappa shape index (κ1) is 29.3. The number of nitrogens with two attached hydrogens (primary N) is 1. The minimum atomic E-state index is 0.0106. The lowest BCUT2D eigenvalue weighted by atomic mass is 10.1. The summed E-state index contributed by atoms with van der Waals surface area (Å²) >= 11 is 0. The Balaban J connectivity index is 1.15. The third-order valence-electron chi connectivity index (χ3n) is 11.3. The Morgan fingerprint density at radius 3 is 2.62 bits per heavy atom. The van der Waals surface area contributed by atoms with E-state index in [1.807, 2.05) is 29.3 Å². The molecule has 4 fully saturated rings. The number of carbonyl (C=O) groups is 1. The summed E-state index contributed by atoms with van der Waals surface area (Å²) < 4.78 is 10.9. The summed E-state index contributed by atoms with van der Waals surface area (Å²) in [7, 11) is 1.68. The van der Waals surface area contributed by atoms with E-state index in [9.17, 15) is 10.1 Å². The van der Waals surface area contributed by atoms with Crippen LogP contribution in [-0.4, -0.2) is 68.7 Å². The number of nitriles is 1. The standard InChI is InChI=1S/C38H40N8O2/c1-48-34-15-28(38(47)45-22-27-8-9-32(45)35(27)40)13-30-36(34)46(21-24-10-11-43(19-24)29-12-25(16-39)17-41-18-29)37(42-30)33-14-26-4-2-3-5-31(26)44(33)20-23-6-7-23/h2-5,12-15,17-18,23-24,27,32,35H,6-11,19-22,40H2,1H3/t24-,27?,32?,35+/m0/s1. The van der Waals surface area contributed by atoms with Gasteiger partial charge in [0.2, 0.25) is 0 Å². The Kier molecular flexibility index (Phi) is 6.94. The molecule has 48 heavy (non-hydrogen) atoms. The summed E-state index contributed by atoms with van der Waals surface area (Å²) in [4.78, 5) is 28.0. The Hall–Kier alpha value is -4.88. The molecule has 4 atom stereocenters. The van der Waals surface area contributed by atoms with Gasteiger partial charge in [0.1, 0.15) is 17.3 Å². The average Bonchev–Trinajstić information content (AvgIpc) is 3.43. The molecule has 0 spiro atoms. The molecule has 2 aliphatic carbocycles. The number of aromatic nitrogens is 4. The van der Waals surface area contributed by atoms with Crippen LogP contribution >= 0.6 is 0 Å². The maximum atomic E-state index is 14.0. The zero-order valence-electron chi connectivity index (χ0n) is 27.3. The molecule has 10 nitrogen and oxygen atoms in total. The van der Waals surface area contributed by atoms with Crippen LogP contribution in [0, 0.1) is 29.1 Å². The topological polar surface area (TPSA) is 118 Å². The van der Waals surface area contributed by atoms with E-state index in [-0.39, 0.29) is 18.0 Å². The van der Waals surface area contributed by atoms with Crippen molar-refractivity contribution in [3.05, 3.63) is 72.1 Å². The lowest BCUT2D eigenvalue weighted by Crippen LogP contribution is -2.41. The van der Waals surface area contributed by atoms with Crippen LogP contribution in [0.15, 0.2) is 60.9 Å². The molecule has 2 bridgehead atoms. The number of pyridine rings is 1. The summed E-state index contributed by atoms with van der Waals surface area (Å²) in [5, 5.41) is 10.6. The first-order valence-electron chi connectivity index (χ1n) is 17.3. The molecule has 2 aliphatic heterocycles. The molecule has 4 aliphatic rings. The molecule has 2 saturated carbocycles. The van der Waals surface area contributed by atoms with Gasteiger partial charge in [-0.05, 0) is 80.2 Å². The number of rotatable bonds is 8. The highest BCUT2D eigenvalue weighted by atomic mass is 16.5. The smallest absolute Gasteiger partial charge is 0.254 e. The van der Waals surface area contributed by atoms with E-state index in [0.29, 0.717) is 34.6 Å². The number of para-hydroxylation sites is 1. The van der Waals surface area contributed by atoms with Crippen molar-refractivity contribution in [2.24, 2.45) is 23.5 Å². The van der Waals surface area contributed by atoms with Gasteiger partial charge < -0.3 is 29.4 Å². The molecular formula is C38H40N8O2. The van der Waals surface area contributed by atoms with Gasteiger partial charge in [-0.3, -0.25) is 9.78 Å². The lowest BCUT2D eigenvalue weighted by molar-refractivity contribution is 0.0700. The van der Waals surface area contributed by atoms with Gasteiger partial charge in [0, 0.05) is 67.5 Å². The molecule has 2 unspecified atom stereocenters. The van der Waals surface area contributed by atoms with Crippen molar-refractivity contribution in [2.45, 2.75) is 57.3 Å². The highest BCUT2D eigenvalue weighted by molar-refractivity contribution is 6.00. The maximum Gasteiger partial charge on any atom is 0.254 e. The fourth-order valence-corrected chi connectivity index (χ4v) is 8.62. The van der Waals surface area contributed by atoms with Crippen LogP contribution in [0.25, 0.3) is 33.5 Å². The molecule has 244 valence electrons. The van der Waals surface area contributed by atoms with Crippen molar-refractivity contribution in [3.8, 4) is 23.3 Å². The number of hydrogen-bond donors (Lipinski definition) is 1. The van der Waals surface area contributed by atoms with Gasteiger partial charge in [-0.25, -0.2) is 4.98 Å². The van der Waals surface area contributed by atoms with E-state index in [1.165, 1.54) is 23.7 Å². The van der Waals surface area contributed by atoms with E-state index in [0.717, 1.165) is 80.2 Å². The molecule has 3 aromatic heterocycles. The van der Waals surface area contributed by atoms with Gasteiger partial charge in [-0.2, -0.15) is 5.26 Å². The number of likely N-dealkylation sites (tertiary alicyclic amines) is 1. The second-order valence-electron chi connectivity index (χ2n) is 14.3. The molecule has 2 saturated heterocycles. The summed E-state index contributed by atoms with van der Waals surface area (Å²) in [6, 6.07) is 19.0. The lowest BCUT2D eigenvalue weighted by Gasteiger charge is -2.27. The molecule has 2 N–H and O–H groups in total. The Labute approximate surface area is 279 Å². The molecule has 5 heterocycles. The monoisotopic (exact) mass is 640 g/mol. The fourth-order valence-electron chi connectivity index (χ4n) is 8.62. The number of benzene rings is 2. The molecular weight excluding hydrogens is 600 g/mol. The van der Waals surface area contributed by atoms with Crippen LogP contribution < -0.4 is 15.4 Å². The third kappa shape index (κ3) is 4.83. The van der Waals surface area contributed by atoms with Gasteiger partial charge in [0.05, 0.1) is 35.8 Å². The molecule has 9 rings (SSSR count). The molecule has 10 heteroatoms. The number of hydrogen-bond acceptors (Lipinski definition) is 7. The molecule has 5 aromatic rings. The van der Waals surface area contributed by atoms with Gasteiger partial charge in [0.15, 0.2) is 5.82 Å². The number of methoxy groups -OCH3 is 1. The fraction of sp³-hybridized carbons (Fsp3) is 0.421. The van der Waals surface area contributed by atoms with Gasteiger partial charge >= 0.3 is 0 Å². The van der Waals surface area contributed by atoms with E-state index < -0.39 is 0 Å². The number of nitrogens with zero attached hydrogens (tertiary/aromatic N) is 7. The number of amides is 1. The van der Waals surface area contributed by atoms with E-state index in [2.05, 4.69) is 55.4 Å². The van der Waals surface area contributed by atoms with Crippen LogP contribution in [0.2, 0.25) is 0 Å². The highest BCUT2D eigenvalue weighted by Crippen LogP contribution is 2.41. The minimum absolute atomic E-state index is 0.0106. The molecule has 2 aromatic carbocycles. The quantitative estimate of drug-likeness (QED) is 0.240. The van der Waals surface area contributed by atoms with Crippen molar-refractivity contribution in [3.63, 3.8) is 0 Å². The summed E-state index contributed by atoms with van der Waals surface area (Å²) in [6.07, 6.45) is 9.02. The highest BCUT2D eigenvalue weighted by Gasteiger charge is 2.47. The average molecular weight is 641 g/mol. The minimum Gasteiger partial charge on any atom is -0.494 e. The first-order valence-corrected chi connectivity index (χ1v) is 17.3. The zero-order valence-corrected chi connectivity index (χ0v) is 27.3. The van der Waals surface area contributed by atoms with Crippen LogP contribution in [-0.2, 0) is 13.1 Å². The number of carbonyl (C=O) groups excluding carboxylic acids is 1.